The molecule has 0 unspecified atom stereocenters. The summed E-state index contributed by atoms with van der Waals surface area (Å²) in [4.78, 5) is 14.5. The SMILES string of the molecule is CCCOc1ccc(C(=O)CCN(CCOC)CCOC)cc1N. The molecule has 1 rings (SSSR count). The second-order valence-electron chi connectivity index (χ2n) is 5.60. The van der Waals surface area contributed by atoms with E-state index in [9.17, 15) is 4.79 Å². The van der Waals surface area contributed by atoms with E-state index >= 15 is 0 Å². The first kappa shape index (κ1) is 20.4. The van der Waals surface area contributed by atoms with Crippen LogP contribution in [-0.2, 0) is 9.47 Å². The normalized spacial score (nSPS) is 11.0. The molecule has 2 N–H and O–H groups in total. The first-order valence-electron chi connectivity index (χ1n) is 8.38. The van der Waals surface area contributed by atoms with Crippen LogP contribution in [0.3, 0.4) is 0 Å². The summed E-state index contributed by atoms with van der Waals surface area (Å²) in [6.45, 7) is 6.14. The van der Waals surface area contributed by atoms with E-state index in [4.69, 9.17) is 19.9 Å². The molecular formula is C18H30N2O4. The zero-order chi connectivity index (χ0) is 17.8. The average Bonchev–Trinajstić information content (AvgIpc) is 2.59. The van der Waals surface area contributed by atoms with Crippen molar-refractivity contribution >= 4 is 11.5 Å². The zero-order valence-corrected chi connectivity index (χ0v) is 15.0. The summed E-state index contributed by atoms with van der Waals surface area (Å²) in [6.07, 6.45) is 1.35. The Kier molecular flexibility index (Phi) is 10.1. The number of carbonyl (C=O) groups excluding carboxylic acids is 1. The highest BCUT2D eigenvalue weighted by Crippen LogP contribution is 2.23. The molecule has 136 valence electrons. The van der Waals surface area contributed by atoms with E-state index in [0.29, 0.717) is 49.8 Å². The maximum atomic E-state index is 12.4. The average molecular weight is 338 g/mol. The number of ether oxygens (including phenoxy) is 3. The lowest BCUT2D eigenvalue weighted by atomic mass is 10.1. The van der Waals surface area contributed by atoms with Gasteiger partial charge in [0.05, 0.1) is 25.5 Å². The Morgan fingerprint density at radius 1 is 1.08 bits per heavy atom. The van der Waals surface area contributed by atoms with Crippen molar-refractivity contribution in [2.75, 3.05) is 59.4 Å². The Labute approximate surface area is 144 Å². The van der Waals surface area contributed by atoms with Gasteiger partial charge in [-0.3, -0.25) is 9.69 Å². The van der Waals surface area contributed by atoms with Crippen molar-refractivity contribution in [3.8, 4) is 5.75 Å². The van der Waals surface area contributed by atoms with Gasteiger partial charge < -0.3 is 19.9 Å². The van der Waals surface area contributed by atoms with E-state index in [2.05, 4.69) is 4.90 Å². The number of nitrogens with two attached hydrogens (primary N) is 1. The Hall–Kier alpha value is -1.63. The molecule has 0 saturated carbocycles. The number of benzene rings is 1. The summed E-state index contributed by atoms with van der Waals surface area (Å²) >= 11 is 0. The molecule has 0 bridgehead atoms. The molecular weight excluding hydrogens is 308 g/mol. The van der Waals surface area contributed by atoms with Gasteiger partial charge in [0.1, 0.15) is 5.75 Å². The number of nitrogens with zero attached hydrogens (tertiary/aromatic N) is 1. The molecule has 0 spiro atoms. The number of nitrogen functional groups attached to an aromatic ring is 1. The fourth-order valence-electron chi connectivity index (χ4n) is 2.25. The van der Waals surface area contributed by atoms with Crippen molar-refractivity contribution < 1.29 is 19.0 Å². The fraction of sp³-hybridized carbons (Fsp3) is 0.611. The Bertz CT molecular complexity index is 486. The minimum atomic E-state index is 0.0728. The minimum Gasteiger partial charge on any atom is -0.491 e. The molecule has 24 heavy (non-hydrogen) atoms. The van der Waals surface area contributed by atoms with Crippen molar-refractivity contribution in [1.29, 1.82) is 0 Å². The van der Waals surface area contributed by atoms with E-state index in [1.165, 1.54) is 0 Å². The van der Waals surface area contributed by atoms with Crippen LogP contribution in [0.4, 0.5) is 5.69 Å². The van der Waals surface area contributed by atoms with Crippen LogP contribution in [0, 0.1) is 0 Å². The summed E-state index contributed by atoms with van der Waals surface area (Å²) in [5, 5.41) is 0. The lowest BCUT2D eigenvalue weighted by Crippen LogP contribution is -2.32. The second kappa shape index (κ2) is 11.8. The second-order valence-corrected chi connectivity index (χ2v) is 5.60. The number of hydrogen-bond donors (Lipinski definition) is 1. The monoisotopic (exact) mass is 338 g/mol. The first-order valence-corrected chi connectivity index (χ1v) is 8.38. The van der Waals surface area contributed by atoms with Gasteiger partial charge >= 0.3 is 0 Å². The van der Waals surface area contributed by atoms with Gasteiger partial charge in [0, 0.05) is 45.8 Å². The third kappa shape index (κ3) is 7.29. The van der Waals surface area contributed by atoms with E-state index in [0.717, 1.165) is 19.5 Å². The van der Waals surface area contributed by atoms with E-state index in [-0.39, 0.29) is 5.78 Å². The Balaban J connectivity index is 2.57. The zero-order valence-electron chi connectivity index (χ0n) is 15.0. The number of carbonyl (C=O) groups is 1. The lowest BCUT2D eigenvalue weighted by molar-refractivity contribution is 0.0911. The Morgan fingerprint density at radius 2 is 1.75 bits per heavy atom. The number of methoxy groups -OCH3 is 2. The number of rotatable bonds is 13. The summed E-state index contributed by atoms with van der Waals surface area (Å²) in [7, 11) is 3.34. The van der Waals surface area contributed by atoms with Crippen LogP contribution in [0.25, 0.3) is 0 Å². The quantitative estimate of drug-likeness (QED) is 0.439. The molecule has 6 nitrogen and oxygen atoms in total. The van der Waals surface area contributed by atoms with Crippen LogP contribution < -0.4 is 10.5 Å². The van der Waals surface area contributed by atoms with Gasteiger partial charge in [-0.15, -0.1) is 0 Å². The fourth-order valence-corrected chi connectivity index (χ4v) is 2.25. The summed E-state index contributed by atoms with van der Waals surface area (Å²) in [6, 6.07) is 5.24. The summed E-state index contributed by atoms with van der Waals surface area (Å²) in [5.41, 5.74) is 7.09. The van der Waals surface area contributed by atoms with Crippen molar-refractivity contribution in [1.82, 2.24) is 4.90 Å². The molecule has 0 aliphatic heterocycles. The third-order valence-electron chi connectivity index (χ3n) is 3.67. The van der Waals surface area contributed by atoms with Gasteiger partial charge in [-0.2, -0.15) is 0 Å². The van der Waals surface area contributed by atoms with E-state index in [1.807, 2.05) is 6.92 Å². The highest BCUT2D eigenvalue weighted by molar-refractivity contribution is 5.97. The smallest absolute Gasteiger partial charge is 0.164 e. The van der Waals surface area contributed by atoms with E-state index in [1.54, 1.807) is 32.4 Å². The van der Waals surface area contributed by atoms with Crippen LogP contribution in [0.5, 0.6) is 5.75 Å². The third-order valence-corrected chi connectivity index (χ3v) is 3.67. The molecule has 0 heterocycles. The largest absolute Gasteiger partial charge is 0.491 e. The molecule has 0 aliphatic rings. The molecule has 1 aromatic rings. The van der Waals surface area contributed by atoms with E-state index < -0.39 is 0 Å². The lowest BCUT2D eigenvalue weighted by Gasteiger charge is -2.21. The van der Waals surface area contributed by atoms with Gasteiger partial charge in [0.2, 0.25) is 0 Å². The number of hydrogen-bond acceptors (Lipinski definition) is 6. The Morgan fingerprint density at radius 3 is 2.29 bits per heavy atom. The number of ketones is 1. The predicted molar refractivity (Wildman–Crippen MR) is 95.8 cm³/mol. The minimum absolute atomic E-state index is 0.0728. The predicted octanol–water partition coefficient (Wildman–Crippen LogP) is 2.23. The van der Waals surface area contributed by atoms with Crippen LogP contribution in [0.1, 0.15) is 30.1 Å². The molecule has 6 heteroatoms. The maximum absolute atomic E-state index is 12.4. The van der Waals surface area contributed by atoms with Crippen LogP contribution in [-0.4, -0.2) is 64.4 Å². The molecule has 0 aliphatic carbocycles. The van der Waals surface area contributed by atoms with Gasteiger partial charge in [0.15, 0.2) is 5.78 Å². The van der Waals surface area contributed by atoms with Crippen LogP contribution >= 0.6 is 0 Å². The first-order chi connectivity index (χ1) is 11.6. The molecule has 0 amide bonds. The van der Waals surface area contributed by atoms with Gasteiger partial charge in [-0.05, 0) is 24.6 Å². The molecule has 0 fully saturated rings. The molecule has 0 radical (unpaired) electrons. The summed E-state index contributed by atoms with van der Waals surface area (Å²) in [5.74, 6) is 0.707. The topological polar surface area (TPSA) is 74.0 Å². The molecule has 1 aromatic carbocycles. The molecule has 0 aromatic heterocycles. The van der Waals surface area contributed by atoms with Crippen LogP contribution in [0.2, 0.25) is 0 Å². The van der Waals surface area contributed by atoms with Crippen LogP contribution in [0.15, 0.2) is 18.2 Å². The van der Waals surface area contributed by atoms with Crippen molar-refractivity contribution in [2.45, 2.75) is 19.8 Å². The van der Waals surface area contributed by atoms with Crippen molar-refractivity contribution in [2.24, 2.45) is 0 Å². The molecule has 0 atom stereocenters. The maximum Gasteiger partial charge on any atom is 0.164 e. The van der Waals surface area contributed by atoms with Crippen molar-refractivity contribution in [3.05, 3.63) is 23.8 Å². The van der Waals surface area contributed by atoms with Gasteiger partial charge in [-0.1, -0.05) is 6.92 Å². The summed E-state index contributed by atoms with van der Waals surface area (Å²) < 4.78 is 15.7. The number of anilines is 1. The van der Waals surface area contributed by atoms with Gasteiger partial charge in [0.25, 0.3) is 0 Å². The molecule has 0 saturated heterocycles. The number of Topliss-reactive ketones (excluding diaryl/α,β-unsaturated/α-hetero) is 1. The standard InChI is InChI=1S/C18H30N2O4/c1-4-11-24-18-6-5-15(14-16(18)19)17(21)7-8-20(9-12-22-2)10-13-23-3/h5-6,14H,4,7-13,19H2,1-3H3. The highest BCUT2D eigenvalue weighted by Gasteiger charge is 2.12. The van der Waals surface area contributed by atoms with Crippen molar-refractivity contribution in [3.63, 3.8) is 0 Å². The highest BCUT2D eigenvalue weighted by atomic mass is 16.5. The van der Waals surface area contributed by atoms with Gasteiger partial charge in [-0.25, -0.2) is 0 Å².